The summed E-state index contributed by atoms with van der Waals surface area (Å²) in [6.45, 7) is 3.66. The predicted molar refractivity (Wildman–Crippen MR) is 136 cm³/mol. The lowest BCUT2D eigenvalue weighted by Gasteiger charge is -2.16. The third-order valence-corrected chi connectivity index (χ3v) is 5.51. The maximum Gasteiger partial charge on any atom is 0.175 e. The standard InChI is InChI=1S/C28H26BrNO3/c1-2-31-27-18-22(17-26(29)28(27)32-20-21-9-5-3-6-10-21)19-30-23-13-15-25(16-14-23)33-24-11-7-4-8-12-24/h3-18,30H,2,19-20H2,1H3. The second kappa shape index (κ2) is 11.4. The van der Waals surface area contributed by atoms with Crippen LogP contribution in [0.1, 0.15) is 18.1 Å². The molecule has 0 spiro atoms. The van der Waals surface area contributed by atoms with E-state index in [2.05, 4.69) is 27.3 Å². The highest BCUT2D eigenvalue weighted by atomic mass is 79.9. The lowest BCUT2D eigenvalue weighted by molar-refractivity contribution is 0.267. The van der Waals surface area contributed by atoms with Gasteiger partial charge in [0.15, 0.2) is 11.5 Å². The Labute approximate surface area is 203 Å². The van der Waals surface area contributed by atoms with Gasteiger partial charge in [0.25, 0.3) is 0 Å². The Morgan fingerprint density at radius 3 is 2.09 bits per heavy atom. The number of anilines is 1. The molecular formula is C28H26BrNO3. The van der Waals surface area contributed by atoms with E-state index in [-0.39, 0.29) is 0 Å². The summed E-state index contributed by atoms with van der Waals surface area (Å²) < 4.78 is 18.7. The third kappa shape index (κ3) is 6.53. The van der Waals surface area contributed by atoms with Gasteiger partial charge >= 0.3 is 0 Å². The third-order valence-electron chi connectivity index (χ3n) is 4.93. The van der Waals surface area contributed by atoms with Crippen molar-refractivity contribution in [2.45, 2.75) is 20.1 Å². The average molecular weight is 504 g/mol. The van der Waals surface area contributed by atoms with E-state index in [1.54, 1.807) is 0 Å². The molecule has 0 radical (unpaired) electrons. The molecule has 0 saturated heterocycles. The SMILES string of the molecule is CCOc1cc(CNc2ccc(Oc3ccccc3)cc2)cc(Br)c1OCc1ccccc1. The quantitative estimate of drug-likeness (QED) is 0.239. The fraction of sp³-hybridized carbons (Fsp3) is 0.143. The Hall–Kier alpha value is -3.44. The van der Waals surface area contributed by atoms with Gasteiger partial charge in [-0.05, 0) is 82.5 Å². The van der Waals surface area contributed by atoms with Crippen molar-refractivity contribution in [2.75, 3.05) is 11.9 Å². The van der Waals surface area contributed by atoms with E-state index in [0.717, 1.165) is 38.5 Å². The van der Waals surface area contributed by atoms with Crippen LogP contribution in [0.5, 0.6) is 23.0 Å². The van der Waals surface area contributed by atoms with Gasteiger partial charge in [0.05, 0.1) is 11.1 Å². The normalized spacial score (nSPS) is 10.5. The van der Waals surface area contributed by atoms with Crippen LogP contribution in [0, 0.1) is 0 Å². The van der Waals surface area contributed by atoms with Crippen LogP contribution in [0.3, 0.4) is 0 Å². The zero-order chi connectivity index (χ0) is 22.9. The van der Waals surface area contributed by atoms with Crippen molar-refractivity contribution in [3.63, 3.8) is 0 Å². The van der Waals surface area contributed by atoms with Gasteiger partial charge in [-0.3, -0.25) is 0 Å². The van der Waals surface area contributed by atoms with Crippen molar-refractivity contribution in [1.82, 2.24) is 0 Å². The van der Waals surface area contributed by atoms with Gasteiger partial charge in [0.1, 0.15) is 18.1 Å². The minimum atomic E-state index is 0.481. The monoisotopic (exact) mass is 503 g/mol. The molecule has 4 aromatic rings. The maximum absolute atomic E-state index is 6.08. The average Bonchev–Trinajstić information content (AvgIpc) is 2.85. The second-order valence-electron chi connectivity index (χ2n) is 7.41. The summed E-state index contributed by atoms with van der Waals surface area (Å²) in [6.07, 6.45) is 0. The highest BCUT2D eigenvalue weighted by molar-refractivity contribution is 9.10. The Morgan fingerprint density at radius 2 is 1.39 bits per heavy atom. The van der Waals surface area contributed by atoms with Gasteiger partial charge in [0.2, 0.25) is 0 Å². The Morgan fingerprint density at radius 1 is 0.727 bits per heavy atom. The first-order valence-electron chi connectivity index (χ1n) is 10.9. The van der Waals surface area contributed by atoms with Crippen molar-refractivity contribution in [3.05, 3.63) is 113 Å². The van der Waals surface area contributed by atoms with Gasteiger partial charge in [-0.15, -0.1) is 0 Å². The molecule has 0 amide bonds. The molecule has 4 aromatic carbocycles. The lowest BCUT2D eigenvalue weighted by atomic mass is 10.2. The Bertz CT molecular complexity index is 1150. The number of hydrogen-bond donors (Lipinski definition) is 1. The summed E-state index contributed by atoms with van der Waals surface area (Å²) in [7, 11) is 0. The van der Waals surface area contributed by atoms with Gasteiger partial charge in [-0.1, -0.05) is 48.5 Å². The molecule has 0 atom stereocenters. The predicted octanol–water partition coefficient (Wildman–Crippen LogP) is 7.83. The summed E-state index contributed by atoms with van der Waals surface area (Å²) >= 11 is 3.66. The Kier molecular flexibility index (Phi) is 7.88. The van der Waals surface area contributed by atoms with Gasteiger partial charge < -0.3 is 19.5 Å². The van der Waals surface area contributed by atoms with Crippen LogP contribution in [0.4, 0.5) is 5.69 Å². The molecule has 1 N–H and O–H groups in total. The number of benzene rings is 4. The molecular weight excluding hydrogens is 478 g/mol. The number of nitrogens with one attached hydrogen (secondary N) is 1. The molecule has 0 unspecified atom stereocenters. The van der Waals surface area contributed by atoms with E-state index in [4.69, 9.17) is 14.2 Å². The first-order chi connectivity index (χ1) is 16.2. The smallest absolute Gasteiger partial charge is 0.175 e. The van der Waals surface area contributed by atoms with Crippen LogP contribution in [-0.4, -0.2) is 6.61 Å². The summed E-state index contributed by atoms with van der Waals surface area (Å²) in [5, 5.41) is 3.45. The second-order valence-corrected chi connectivity index (χ2v) is 8.26. The van der Waals surface area contributed by atoms with E-state index >= 15 is 0 Å². The van der Waals surface area contributed by atoms with Gasteiger partial charge in [-0.2, -0.15) is 0 Å². The molecule has 0 saturated carbocycles. The first kappa shape index (κ1) is 22.7. The molecule has 4 rings (SSSR count). The minimum absolute atomic E-state index is 0.481. The zero-order valence-electron chi connectivity index (χ0n) is 18.5. The largest absolute Gasteiger partial charge is 0.490 e. The molecule has 0 heterocycles. The molecule has 0 bridgehead atoms. The summed E-state index contributed by atoms with van der Waals surface area (Å²) in [6, 6.07) is 31.9. The van der Waals surface area contributed by atoms with E-state index in [9.17, 15) is 0 Å². The highest BCUT2D eigenvalue weighted by Gasteiger charge is 2.13. The van der Waals surface area contributed by atoms with E-state index in [0.29, 0.717) is 25.5 Å². The molecule has 0 fully saturated rings. The van der Waals surface area contributed by atoms with E-state index in [1.807, 2.05) is 97.9 Å². The minimum Gasteiger partial charge on any atom is -0.490 e. The summed E-state index contributed by atoms with van der Waals surface area (Å²) in [5.74, 6) is 3.06. The van der Waals surface area contributed by atoms with Gasteiger partial charge in [0, 0.05) is 12.2 Å². The molecule has 0 aliphatic rings. The fourth-order valence-electron chi connectivity index (χ4n) is 3.33. The fourth-order valence-corrected chi connectivity index (χ4v) is 3.93. The van der Waals surface area contributed by atoms with Crippen LogP contribution in [-0.2, 0) is 13.2 Å². The molecule has 0 aliphatic heterocycles. The van der Waals surface area contributed by atoms with Crippen LogP contribution >= 0.6 is 15.9 Å². The maximum atomic E-state index is 6.08. The highest BCUT2D eigenvalue weighted by Crippen LogP contribution is 2.37. The molecule has 168 valence electrons. The van der Waals surface area contributed by atoms with Crippen molar-refractivity contribution in [3.8, 4) is 23.0 Å². The van der Waals surface area contributed by atoms with Crippen molar-refractivity contribution >= 4 is 21.6 Å². The van der Waals surface area contributed by atoms with E-state index in [1.165, 1.54) is 0 Å². The van der Waals surface area contributed by atoms with Crippen LogP contribution < -0.4 is 19.5 Å². The molecule has 4 nitrogen and oxygen atoms in total. The lowest BCUT2D eigenvalue weighted by Crippen LogP contribution is -2.04. The van der Waals surface area contributed by atoms with Crippen LogP contribution in [0.25, 0.3) is 0 Å². The number of halogens is 1. The number of ether oxygens (including phenoxy) is 3. The number of rotatable bonds is 10. The zero-order valence-corrected chi connectivity index (χ0v) is 20.0. The molecule has 5 heteroatoms. The topological polar surface area (TPSA) is 39.7 Å². The molecule has 0 aliphatic carbocycles. The van der Waals surface area contributed by atoms with Crippen molar-refractivity contribution in [1.29, 1.82) is 0 Å². The number of hydrogen-bond acceptors (Lipinski definition) is 4. The van der Waals surface area contributed by atoms with Crippen LogP contribution in [0.15, 0.2) is 102 Å². The molecule has 33 heavy (non-hydrogen) atoms. The van der Waals surface area contributed by atoms with E-state index < -0.39 is 0 Å². The molecule has 0 aromatic heterocycles. The van der Waals surface area contributed by atoms with Crippen molar-refractivity contribution in [2.24, 2.45) is 0 Å². The number of para-hydroxylation sites is 1. The Balaban J connectivity index is 1.40. The summed E-state index contributed by atoms with van der Waals surface area (Å²) in [4.78, 5) is 0. The summed E-state index contributed by atoms with van der Waals surface area (Å²) in [5.41, 5.74) is 3.20. The van der Waals surface area contributed by atoms with Crippen LogP contribution in [0.2, 0.25) is 0 Å². The first-order valence-corrected chi connectivity index (χ1v) is 11.7. The van der Waals surface area contributed by atoms with Gasteiger partial charge in [-0.25, -0.2) is 0 Å². The van der Waals surface area contributed by atoms with Crippen molar-refractivity contribution < 1.29 is 14.2 Å².